The third kappa shape index (κ3) is 7.34. The number of amides is 1. The summed E-state index contributed by atoms with van der Waals surface area (Å²) in [7, 11) is 1.63. The zero-order valence-corrected chi connectivity index (χ0v) is 20.3. The molecule has 1 heterocycles. The summed E-state index contributed by atoms with van der Waals surface area (Å²) in [6.07, 6.45) is 1.63. The number of para-hydroxylation sites is 1. The second kappa shape index (κ2) is 13.4. The van der Waals surface area contributed by atoms with Crippen LogP contribution < -0.4 is 10.1 Å². The van der Waals surface area contributed by atoms with Crippen molar-refractivity contribution in [1.82, 2.24) is 20.1 Å². The second-order valence-electron chi connectivity index (χ2n) is 7.44. The lowest BCUT2D eigenvalue weighted by atomic mass is 10.1. The third-order valence-corrected chi connectivity index (χ3v) is 6.02. The maximum atomic E-state index is 12.3. The smallest absolute Gasteiger partial charge is 0.305 e. The van der Waals surface area contributed by atoms with Crippen molar-refractivity contribution >= 4 is 23.6 Å². The molecular formula is C25H30N4O4S. The second-order valence-corrected chi connectivity index (χ2v) is 8.38. The summed E-state index contributed by atoms with van der Waals surface area (Å²) < 4.78 is 12.5. The monoisotopic (exact) mass is 482 g/mol. The molecule has 3 aromatic rings. The van der Waals surface area contributed by atoms with Gasteiger partial charge >= 0.3 is 5.97 Å². The molecule has 0 saturated carbocycles. The van der Waals surface area contributed by atoms with Crippen molar-refractivity contribution in [3.05, 3.63) is 60.2 Å². The molecule has 0 aliphatic carbocycles. The number of hydrogen-bond acceptors (Lipinski definition) is 7. The average molecular weight is 483 g/mol. The predicted molar refractivity (Wildman–Crippen MR) is 132 cm³/mol. The number of ether oxygens (including phenoxy) is 2. The van der Waals surface area contributed by atoms with Gasteiger partial charge in [0.25, 0.3) is 0 Å². The molecule has 2 aromatic carbocycles. The Kier molecular flexibility index (Phi) is 9.97. The van der Waals surface area contributed by atoms with Crippen molar-refractivity contribution in [3.63, 3.8) is 0 Å². The van der Waals surface area contributed by atoms with Crippen molar-refractivity contribution in [3.8, 4) is 17.1 Å². The number of carbonyl (C=O) groups excluding carboxylic acids is 2. The van der Waals surface area contributed by atoms with Crippen LogP contribution in [-0.4, -0.2) is 52.7 Å². The molecule has 0 aliphatic heterocycles. The van der Waals surface area contributed by atoms with Crippen LogP contribution in [0.5, 0.6) is 5.75 Å². The van der Waals surface area contributed by atoms with Gasteiger partial charge in [0.1, 0.15) is 5.75 Å². The van der Waals surface area contributed by atoms with Crippen LogP contribution in [0.4, 0.5) is 0 Å². The number of carbonyl (C=O) groups is 2. The summed E-state index contributed by atoms with van der Waals surface area (Å²) in [4.78, 5) is 23.7. The van der Waals surface area contributed by atoms with Gasteiger partial charge in [0.2, 0.25) is 5.91 Å². The van der Waals surface area contributed by atoms with Crippen LogP contribution in [0.15, 0.2) is 59.8 Å². The Bertz CT molecular complexity index is 1070. The number of benzene rings is 2. The summed E-state index contributed by atoms with van der Waals surface area (Å²) in [6.45, 7) is 3.22. The number of rotatable bonds is 13. The van der Waals surface area contributed by atoms with Crippen LogP contribution in [0, 0.1) is 0 Å². The van der Waals surface area contributed by atoms with E-state index in [9.17, 15) is 9.59 Å². The number of hydrogen-bond donors (Lipinski definition) is 1. The Morgan fingerprint density at radius 1 is 1.06 bits per heavy atom. The van der Waals surface area contributed by atoms with E-state index >= 15 is 0 Å². The Morgan fingerprint density at radius 2 is 1.82 bits per heavy atom. The van der Waals surface area contributed by atoms with Crippen molar-refractivity contribution in [2.45, 2.75) is 37.9 Å². The van der Waals surface area contributed by atoms with E-state index in [4.69, 9.17) is 9.47 Å². The first-order chi connectivity index (χ1) is 16.6. The Labute approximate surface area is 204 Å². The molecule has 8 nitrogen and oxygen atoms in total. The molecule has 180 valence electrons. The summed E-state index contributed by atoms with van der Waals surface area (Å²) in [5.41, 5.74) is 2.05. The molecule has 0 unspecified atom stereocenters. The van der Waals surface area contributed by atoms with E-state index in [0.29, 0.717) is 42.8 Å². The molecule has 1 amide bonds. The SMILES string of the molecule is CCOC(=O)CCCNC(=O)CSc1nnc(-c2ccccc2OC)n1CCc1ccccc1. The van der Waals surface area contributed by atoms with Gasteiger partial charge in [0.15, 0.2) is 11.0 Å². The minimum absolute atomic E-state index is 0.120. The van der Waals surface area contributed by atoms with Gasteiger partial charge in [0, 0.05) is 19.5 Å². The molecule has 0 bridgehead atoms. The van der Waals surface area contributed by atoms with E-state index < -0.39 is 0 Å². The summed E-state index contributed by atoms with van der Waals surface area (Å²) >= 11 is 1.34. The highest BCUT2D eigenvalue weighted by atomic mass is 32.2. The molecule has 0 spiro atoms. The first kappa shape index (κ1) is 25.3. The van der Waals surface area contributed by atoms with Crippen LogP contribution in [0.3, 0.4) is 0 Å². The van der Waals surface area contributed by atoms with Gasteiger partial charge in [-0.3, -0.25) is 9.59 Å². The van der Waals surface area contributed by atoms with Crippen LogP contribution in [0.2, 0.25) is 0 Å². The molecule has 0 radical (unpaired) electrons. The predicted octanol–water partition coefficient (Wildman–Crippen LogP) is 3.75. The van der Waals surface area contributed by atoms with Gasteiger partial charge < -0.3 is 19.4 Å². The third-order valence-electron chi connectivity index (χ3n) is 5.05. The lowest BCUT2D eigenvalue weighted by Gasteiger charge is -2.12. The van der Waals surface area contributed by atoms with Gasteiger partial charge in [-0.1, -0.05) is 54.2 Å². The average Bonchev–Trinajstić information content (AvgIpc) is 3.27. The molecule has 0 saturated heterocycles. The van der Waals surface area contributed by atoms with E-state index in [1.165, 1.54) is 17.3 Å². The maximum Gasteiger partial charge on any atom is 0.305 e. The highest BCUT2D eigenvalue weighted by molar-refractivity contribution is 7.99. The molecule has 3 rings (SSSR count). The summed E-state index contributed by atoms with van der Waals surface area (Å²) in [5, 5.41) is 12.3. The molecule has 0 atom stereocenters. The molecule has 34 heavy (non-hydrogen) atoms. The van der Waals surface area contributed by atoms with Gasteiger partial charge in [-0.05, 0) is 37.5 Å². The van der Waals surface area contributed by atoms with Crippen LogP contribution in [0.25, 0.3) is 11.4 Å². The molecule has 0 aliphatic rings. The van der Waals surface area contributed by atoms with E-state index in [1.54, 1.807) is 14.0 Å². The largest absolute Gasteiger partial charge is 0.496 e. The lowest BCUT2D eigenvalue weighted by molar-refractivity contribution is -0.143. The number of thioether (sulfide) groups is 1. The molecule has 0 fully saturated rings. The number of aromatic nitrogens is 3. The normalized spacial score (nSPS) is 10.6. The minimum Gasteiger partial charge on any atom is -0.496 e. The summed E-state index contributed by atoms with van der Waals surface area (Å²) in [5.74, 6) is 1.25. The van der Waals surface area contributed by atoms with Gasteiger partial charge in [-0.25, -0.2) is 0 Å². The van der Waals surface area contributed by atoms with Crippen molar-refractivity contribution < 1.29 is 19.1 Å². The number of methoxy groups -OCH3 is 1. The van der Waals surface area contributed by atoms with Crippen molar-refractivity contribution in [2.24, 2.45) is 0 Å². The molecule has 1 aromatic heterocycles. The fourth-order valence-corrected chi connectivity index (χ4v) is 4.18. The van der Waals surface area contributed by atoms with Gasteiger partial charge in [-0.15, -0.1) is 10.2 Å². The topological polar surface area (TPSA) is 95.3 Å². The highest BCUT2D eigenvalue weighted by Gasteiger charge is 2.18. The summed E-state index contributed by atoms with van der Waals surface area (Å²) in [6, 6.07) is 17.9. The van der Waals surface area contributed by atoms with Crippen molar-refractivity contribution in [2.75, 3.05) is 26.0 Å². The quantitative estimate of drug-likeness (QED) is 0.225. The van der Waals surface area contributed by atoms with Gasteiger partial charge in [0.05, 0.1) is 25.0 Å². The zero-order chi connectivity index (χ0) is 24.2. The molecular weight excluding hydrogens is 452 g/mol. The molecule has 9 heteroatoms. The van der Waals surface area contributed by atoms with E-state index in [-0.39, 0.29) is 24.1 Å². The Morgan fingerprint density at radius 3 is 2.59 bits per heavy atom. The van der Waals surface area contributed by atoms with E-state index in [0.717, 1.165) is 12.0 Å². The van der Waals surface area contributed by atoms with Crippen molar-refractivity contribution in [1.29, 1.82) is 0 Å². The van der Waals surface area contributed by atoms with Crippen LogP contribution in [0.1, 0.15) is 25.3 Å². The van der Waals surface area contributed by atoms with Crippen LogP contribution >= 0.6 is 11.8 Å². The fraction of sp³-hybridized carbons (Fsp3) is 0.360. The number of nitrogens with one attached hydrogen (secondary N) is 1. The number of nitrogens with zero attached hydrogens (tertiary/aromatic N) is 3. The number of esters is 1. The van der Waals surface area contributed by atoms with E-state index in [2.05, 4.69) is 27.6 Å². The minimum atomic E-state index is -0.249. The van der Waals surface area contributed by atoms with E-state index in [1.807, 2.05) is 47.0 Å². The first-order valence-corrected chi connectivity index (χ1v) is 12.3. The Balaban J connectivity index is 1.67. The fourth-order valence-electron chi connectivity index (χ4n) is 3.39. The zero-order valence-electron chi connectivity index (χ0n) is 19.5. The first-order valence-electron chi connectivity index (χ1n) is 11.3. The standard InChI is InChI=1S/C25H30N4O4S/c1-3-33-23(31)14-9-16-26-22(30)18-34-25-28-27-24(20-12-7-8-13-21(20)32-2)29(25)17-15-19-10-5-4-6-11-19/h4-8,10-13H,3,9,14-18H2,1-2H3,(H,26,30). The Hall–Kier alpha value is -3.33. The lowest BCUT2D eigenvalue weighted by Crippen LogP contribution is -2.26. The highest BCUT2D eigenvalue weighted by Crippen LogP contribution is 2.31. The maximum absolute atomic E-state index is 12.3. The van der Waals surface area contributed by atoms with Gasteiger partial charge in [-0.2, -0.15) is 0 Å². The number of aryl methyl sites for hydroxylation is 1. The molecule has 1 N–H and O–H groups in total. The van der Waals surface area contributed by atoms with Crippen LogP contribution in [-0.2, 0) is 27.3 Å².